The molecule has 0 fully saturated rings. The van der Waals surface area contributed by atoms with Gasteiger partial charge in [-0.05, 0) is 42.5 Å². The minimum atomic E-state index is -0.923. The summed E-state index contributed by atoms with van der Waals surface area (Å²) in [5.41, 5.74) is 1.09. The summed E-state index contributed by atoms with van der Waals surface area (Å²) < 4.78 is 30.8. The zero-order chi connectivity index (χ0) is 15.9. The van der Waals surface area contributed by atoms with E-state index in [2.05, 4.69) is 10.6 Å². The van der Waals surface area contributed by atoms with Crippen molar-refractivity contribution in [3.63, 3.8) is 0 Å². The summed E-state index contributed by atoms with van der Waals surface area (Å²) in [6.07, 6.45) is 0.199. The van der Waals surface area contributed by atoms with Crippen LogP contribution in [0.2, 0.25) is 0 Å². The average molecular weight is 306 g/mol. The molecule has 0 aliphatic rings. The van der Waals surface area contributed by atoms with Crippen LogP contribution in [0.5, 0.6) is 5.75 Å². The Labute approximate surface area is 127 Å². The van der Waals surface area contributed by atoms with Crippen molar-refractivity contribution in [2.75, 3.05) is 24.3 Å². The molecular formula is C16H16F2N2O2. The Morgan fingerprint density at radius 2 is 1.73 bits per heavy atom. The lowest BCUT2D eigenvalue weighted by molar-refractivity contribution is -0.115. The van der Waals surface area contributed by atoms with Gasteiger partial charge < -0.3 is 15.4 Å². The van der Waals surface area contributed by atoms with Crippen LogP contribution in [0.15, 0.2) is 42.5 Å². The van der Waals surface area contributed by atoms with Crippen LogP contribution >= 0.6 is 0 Å². The van der Waals surface area contributed by atoms with Crippen LogP contribution in [0.25, 0.3) is 0 Å². The van der Waals surface area contributed by atoms with Gasteiger partial charge in [-0.15, -0.1) is 0 Å². The summed E-state index contributed by atoms with van der Waals surface area (Å²) in [6, 6.07) is 10.5. The summed E-state index contributed by atoms with van der Waals surface area (Å²) in [4.78, 5) is 11.8. The smallest absolute Gasteiger partial charge is 0.226 e. The Kier molecular flexibility index (Phi) is 5.30. The maximum absolute atomic E-state index is 13.0. The first-order valence-electron chi connectivity index (χ1n) is 6.71. The first-order valence-corrected chi connectivity index (χ1v) is 6.71. The van der Waals surface area contributed by atoms with Gasteiger partial charge in [0.2, 0.25) is 5.91 Å². The fraction of sp³-hybridized carbons (Fsp3) is 0.188. The molecule has 22 heavy (non-hydrogen) atoms. The van der Waals surface area contributed by atoms with Gasteiger partial charge in [0.05, 0.1) is 7.11 Å². The zero-order valence-electron chi connectivity index (χ0n) is 12.0. The van der Waals surface area contributed by atoms with Gasteiger partial charge in [-0.2, -0.15) is 0 Å². The molecule has 116 valence electrons. The number of rotatable bonds is 6. The second kappa shape index (κ2) is 7.40. The van der Waals surface area contributed by atoms with Crippen LogP contribution in [0.1, 0.15) is 6.42 Å². The van der Waals surface area contributed by atoms with Crippen molar-refractivity contribution in [3.8, 4) is 5.75 Å². The third-order valence-corrected chi connectivity index (χ3v) is 2.97. The van der Waals surface area contributed by atoms with Crippen molar-refractivity contribution in [1.29, 1.82) is 0 Å². The fourth-order valence-corrected chi connectivity index (χ4v) is 1.82. The maximum atomic E-state index is 13.0. The maximum Gasteiger partial charge on any atom is 0.226 e. The summed E-state index contributed by atoms with van der Waals surface area (Å²) in [5.74, 6) is -1.30. The Morgan fingerprint density at radius 3 is 2.36 bits per heavy atom. The molecule has 2 aromatic carbocycles. The number of hydrogen-bond acceptors (Lipinski definition) is 3. The Hall–Kier alpha value is -2.63. The molecule has 6 heteroatoms. The van der Waals surface area contributed by atoms with Gasteiger partial charge in [0.25, 0.3) is 0 Å². The van der Waals surface area contributed by atoms with Crippen molar-refractivity contribution in [1.82, 2.24) is 0 Å². The molecule has 0 bridgehead atoms. The largest absolute Gasteiger partial charge is 0.497 e. The number of carbonyl (C=O) groups excluding carboxylic acids is 1. The van der Waals surface area contributed by atoms with Gasteiger partial charge in [0, 0.05) is 24.3 Å². The average Bonchev–Trinajstić information content (AvgIpc) is 2.51. The van der Waals surface area contributed by atoms with Crippen LogP contribution < -0.4 is 15.4 Å². The van der Waals surface area contributed by atoms with E-state index >= 15 is 0 Å². The lowest BCUT2D eigenvalue weighted by Crippen LogP contribution is -2.16. The predicted molar refractivity (Wildman–Crippen MR) is 81.1 cm³/mol. The number of amides is 1. The predicted octanol–water partition coefficient (Wildman–Crippen LogP) is 3.41. The van der Waals surface area contributed by atoms with E-state index in [4.69, 9.17) is 4.74 Å². The standard InChI is InChI=1S/C16H16F2N2O2/c1-22-13-5-2-11(3-6-13)20-16(21)8-9-19-12-4-7-14(17)15(18)10-12/h2-7,10,19H,8-9H2,1H3,(H,20,21). The minimum Gasteiger partial charge on any atom is -0.497 e. The van der Waals surface area contributed by atoms with Crippen LogP contribution in [-0.2, 0) is 4.79 Å². The summed E-state index contributed by atoms with van der Waals surface area (Å²) in [5, 5.41) is 5.59. The second-order valence-corrected chi connectivity index (χ2v) is 4.58. The van der Waals surface area contributed by atoms with E-state index < -0.39 is 11.6 Å². The quantitative estimate of drug-likeness (QED) is 0.860. The van der Waals surface area contributed by atoms with Crippen molar-refractivity contribution >= 4 is 17.3 Å². The molecule has 0 spiro atoms. The molecule has 2 N–H and O–H groups in total. The van der Waals surface area contributed by atoms with Crippen molar-refractivity contribution in [2.24, 2.45) is 0 Å². The zero-order valence-corrected chi connectivity index (χ0v) is 12.0. The number of ether oxygens (including phenoxy) is 1. The molecule has 0 aliphatic heterocycles. The topological polar surface area (TPSA) is 50.4 Å². The van der Waals surface area contributed by atoms with Crippen LogP contribution in [0.4, 0.5) is 20.2 Å². The molecule has 0 unspecified atom stereocenters. The monoisotopic (exact) mass is 306 g/mol. The summed E-state index contributed by atoms with van der Waals surface area (Å²) >= 11 is 0. The van der Waals surface area contributed by atoms with E-state index in [1.54, 1.807) is 31.4 Å². The number of nitrogens with one attached hydrogen (secondary N) is 2. The van der Waals surface area contributed by atoms with Gasteiger partial charge in [-0.1, -0.05) is 0 Å². The van der Waals surface area contributed by atoms with Gasteiger partial charge >= 0.3 is 0 Å². The van der Waals surface area contributed by atoms with E-state index in [1.165, 1.54) is 6.07 Å². The molecule has 2 rings (SSSR count). The van der Waals surface area contributed by atoms with Gasteiger partial charge in [-0.25, -0.2) is 8.78 Å². The summed E-state index contributed by atoms with van der Waals surface area (Å²) in [6.45, 7) is 0.313. The van der Waals surface area contributed by atoms with E-state index in [1.807, 2.05) is 0 Å². The molecule has 0 saturated carbocycles. The number of halogens is 2. The third-order valence-electron chi connectivity index (χ3n) is 2.97. The molecule has 2 aromatic rings. The summed E-state index contributed by atoms with van der Waals surface area (Å²) in [7, 11) is 1.57. The Bertz CT molecular complexity index is 645. The normalized spacial score (nSPS) is 10.1. The molecule has 0 heterocycles. The molecule has 0 aliphatic carbocycles. The second-order valence-electron chi connectivity index (χ2n) is 4.58. The number of anilines is 2. The third kappa shape index (κ3) is 4.44. The van der Waals surface area contributed by atoms with E-state index in [0.29, 0.717) is 23.7 Å². The number of hydrogen-bond donors (Lipinski definition) is 2. The van der Waals surface area contributed by atoms with Crippen LogP contribution in [0.3, 0.4) is 0 Å². The number of benzene rings is 2. The Morgan fingerprint density at radius 1 is 1.05 bits per heavy atom. The Balaban J connectivity index is 1.78. The fourth-order valence-electron chi connectivity index (χ4n) is 1.82. The molecule has 1 amide bonds. The van der Waals surface area contributed by atoms with Crippen molar-refractivity contribution in [2.45, 2.75) is 6.42 Å². The number of carbonyl (C=O) groups is 1. The molecule has 0 radical (unpaired) electrons. The first-order chi connectivity index (χ1) is 10.6. The van der Waals surface area contributed by atoms with Crippen LogP contribution in [0, 0.1) is 11.6 Å². The van der Waals surface area contributed by atoms with Gasteiger partial charge in [-0.3, -0.25) is 4.79 Å². The molecule has 4 nitrogen and oxygen atoms in total. The van der Waals surface area contributed by atoms with E-state index in [-0.39, 0.29) is 12.3 Å². The van der Waals surface area contributed by atoms with E-state index in [9.17, 15) is 13.6 Å². The van der Waals surface area contributed by atoms with Gasteiger partial charge in [0.1, 0.15) is 5.75 Å². The highest BCUT2D eigenvalue weighted by Gasteiger charge is 2.05. The number of methoxy groups -OCH3 is 1. The van der Waals surface area contributed by atoms with Crippen LogP contribution in [-0.4, -0.2) is 19.6 Å². The first kappa shape index (κ1) is 15.8. The van der Waals surface area contributed by atoms with Gasteiger partial charge in [0.15, 0.2) is 11.6 Å². The highest BCUT2D eigenvalue weighted by molar-refractivity contribution is 5.91. The SMILES string of the molecule is COc1ccc(NC(=O)CCNc2ccc(F)c(F)c2)cc1. The molecule has 0 atom stereocenters. The molecule has 0 saturated heterocycles. The molecular weight excluding hydrogens is 290 g/mol. The highest BCUT2D eigenvalue weighted by atomic mass is 19.2. The van der Waals surface area contributed by atoms with E-state index in [0.717, 1.165) is 12.1 Å². The highest BCUT2D eigenvalue weighted by Crippen LogP contribution is 2.15. The lowest BCUT2D eigenvalue weighted by Gasteiger charge is -2.08. The van der Waals surface area contributed by atoms with Crippen molar-refractivity contribution in [3.05, 3.63) is 54.1 Å². The lowest BCUT2D eigenvalue weighted by atomic mass is 10.2. The minimum absolute atomic E-state index is 0.180. The molecule has 0 aromatic heterocycles. The van der Waals surface area contributed by atoms with Crippen molar-refractivity contribution < 1.29 is 18.3 Å².